The zero-order valence-electron chi connectivity index (χ0n) is 11.7. The fraction of sp³-hybridized carbons (Fsp3) is 0.308. The molecule has 9 heteroatoms. The summed E-state index contributed by atoms with van der Waals surface area (Å²) in [4.78, 5) is 12.5. The van der Waals surface area contributed by atoms with Gasteiger partial charge in [-0.3, -0.25) is 4.79 Å². The summed E-state index contributed by atoms with van der Waals surface area (Å²) in [6.07, 6.45) is -3.22. The molecule has 0 saturated heterocycles. The number of halogens is 4. The number of hydrogen-bond acceptors (Lipinski definition) is 3. The number of aromatic nitrogens is 3. The fourth-order valence-electron chi connectivity index (χ4n) is 1.78. The van der Waals surface area contributed by atoms with Crippen molar-refractivity contribution in [2.75, 3.05) is 7.05 Å². The SMILES string of the molecule is CC(=O)N(C)Cc1cn(-c2ccc(Cl)cc2C(F)(F)F)nn1. The zero-order chi connectivity index (χ0) is 16.5. The molecule has 2 aromatic rings. The maximum atomic E-state index is 13.1. The first-order valence-electron chi connectivity index (χ1n) is 6.18. The van der Waals surface area contributed by atoms with Crippen LogP contribution in [0.3, 0.4) is 0 Å². The molecular formula is C13H12ClF3N4O. The van der Waals surface area contributed by atoms with Crippen LogP contribution in [0.15, 0.2) is 24.4 Å². The highest BCUT2D eigenvalue weighted by molar-refractivity contribution is 6.30. The van der Waals surface area contributed by atoms with E-state index in [1.807, 2.05) is 0 Å². The summed E-state index contributed by atoms with van der Waals surface area (Å²) in [7, 11) is 1.56. The van der Waals surface area contributed by atoms with Crippen LogP contribution in [-0.4, -0.2) is 32.8 Å². The zero-order valence-corrected chi connectivity index (χ0v) is 12.5. The standard InChI is InChI=1S/C13H12ClF3N4O/c1-8(22)20(2)6-10-7-21(19-18-10)12-4-3-9(14)5-11(12)13(15,16)17/h3-5,7H,6H2,1-2H3. The van der Waals surface area contributed by atoms with Gasteiger partial charge in [0.1, 0.15) is 5.69 Å². The summed E-state index contributed by atoms with van der Waals surface area (Å²) in [5, 5.41) is 7.45. The molecule has 0 unspecified atom stereocenters. The predicted molar refractivity (Wildman–Crippen MR) is 73.5 cm³/mol. The number of nitrogens with zero attached hydrogens (tertiary/aromatic N) is 4. The van der Waals surface area contributed by atoms with Crippen molar-refractivity contribution in [1.82, 2.24) is 19.9 Å². The van der Waals surface area contributed by atoms with E-state index in [-0.39, 0.29) is 23.2 Å². The molecule has 0 N–H and O–H groups in total. The van der Waals surface area contributed by atoms with Gasteiger partial charge in [0, 0.05) is 19.0 Å². The Morgan fingerprint density at radius 2 is 2.09 bits per heavy atom. The van der Waals surface area contributed by atoms with Crippen LogP contribution in [0.25, 0.3) is 5.69 Å². The second-order valence-corrected chi connectivity index (χ2v) is 5.13. The smallest absolute Gasteiger partial charge is 0.340 e. The molecule has 1 aromatic carbocycles. The first-order chi connectivity index (χ1) is 10.2. The van der Waals surface area contributed by atoms with E-state index in [1.54, 1.807) is 7.05 Å². The molecule has 2 rings (SSSR count). The molecule has 118 valence electrons. The van der Waals surface area contributed by atoms with Crippen LogP contribution in [0, 0.1) is 0 Å². The normalized spacial score (nSPS) is 11.5. The monoisotopic (exact) mass is 332 g/mol. The Hall–Kier alpha value is -2.09. The molecule has 22 heavy (non-hydrogen) atoms. The average molecular weight is 333 g/mol. The summed E-state index contributed by atoms with van der Waals surface area (Å²) in [6, 6.07) is 3.40. The van der Waals surface area contributed by atoms with E-state index < -0.39 is 11.7 Å². The Bertz CT molecular complexity index is 699. The number of benzene rings is 1. The third kappa shape index (κ3) is 3.56. The Labute approximate surface area is 129 Å². The molecule has 0 aliphatic rings. The minimum absolute atomic E-state index is 0.0206. The van der Waals surface area contributed by atoms with Crippen LogP contribution in [0.2, 0.25) is 5.02 Å². The Morgan fingerprint density at radius 3 is 2.68 bits per heavy atom. The molecule has 0 saturated carbocycles. The van der Waals surface area contributed by atoms with E-state index in [0.717, 1.165) is 10.7 Å². The molecule has 0 spiro atoms. The van der Waals surface area contributed by atoms with Crippen molar-refractivity contribution >= 4 is 17.5 Å². The Kier molecular flexibility index (Phi) is 4.41. The van der Waals surface area contributed by atoms with Gasteiger partial charge in [-0.2, -0.15) is 13.2 Å². The van der Waals surface area contributed by atoms with Crippen LogP contribution in [0.4, 0.5) is 13.2 Å². The van der Waals surface area contributed by atoms with Gasteiger partial charge >= 0.3 is 6.18 Å². The average Bonchev–Trinajstić information content (AvgIpc) is 2.85. The third-order valence-electron chi connectivity index (χ3n) is 2.99. The Morgan fingerprint density at radius 1 is 1.41 bits per heavy atom. The van der Waals surface area contributed by atoms with Crippen LogP contribution in [-0.2, 0) is 17.5 Å². The lowest BCUT2D eigenvalue weighted by atomic mass is 10.1. The van der Waals surface area contributed by atoms with Gasteiger partial charge in [-0.25, -0.2) is 4.68 Å². The highest BCUT2D eigenvalue weighted by atomic mass is 35.5. The number of carbonyl (C=O) groups excluding carboxylic acids is 1. The minimum atomic E-state index is -4.57. The second kappa shape index (κ2) is 5.96. The number of carbonyl (C=O) groups is 1. The van der Waals surface area contributed by atoms with Crippen molar-refractivity contribution in [3.63, 3.8) is 0 Å². The molecule has 0 aliphatic heterocycles. The van der Waals surface area contributed by atoms with Gasteiger partial charge in [-0.05, 0) is 18.2 Å². The molecule has 0 radical (unpaired) electrons. The third-order valence-corrected chi connectivity index (χ3v) is 3.22. The van der Waals surface area contributed by atoms with Gasteiger partial charge in [0.15, 0.2) is 0 Å². The van der Waals surface area contributed by atoms with Gasteiger partial charge < -0.3 is 4.90 Å². The maximum absolute atomic E-state index is 13.1. The van der Waals surface area contributed by atoms with Gasteiger partial charge in [-0.15, -0.1) is 5.10 Å². The van der Waals surface area contributed by atoms with Gasteiger partial charge in [0.25, 0.3) is 0 Å². The van der Waals surface area contributed by atoms with Gasteiger partial charge in [0.2, 0.25) is 5.91 Å². The second-order valence-electron chi connectivity index (χ2n) is 4.69. The first-order valence-corrected chi connectivity index (χ1v) is 6.56. The first kappa shape index (κ1) is 16.3. The van der Waals surface area contributed by atoms with Crippen molar-refractivity contribution in [3.05, 3.63) is 40.7 Å². The summed E-state index contributed by atoms with van der Waals surface area (Å²) in [5.74, 6) is -0.183. The predicted octanol–water partition coefficient (Wildman–Crippen LogP) is 2.92. The molecule has 1 aromatic heterocycles. The summed E-state index contributed by atoms with van der Waals surface area (Å²) < 4.78 is 40.2. The molecule has 1 heterocycles. The summed E-state index contributed by atoms with van der Waals surface area (Å²) >= 11 is 5.63. The largest absolute Gasteiger partial charge is 0.418 e. The minimum Gasteiger partial charge on any atom is -0.340 e. The van der Waals surface area contributed by atoms with E-state index in [0.29, 0.717) is 5.69 Å². The Balaban J connectivity index is 2.37. The lowest BCUT2D eigenvalue weighted by molar-refractivity contribution is -0.137. The van der Waals surface area contributed by atoms with E-state index in [1.165, 1.54) is 30.2 Å². The highest BCUT2D eigenvalue weighted by Crippen LogP contribution is 2.35. The van der Waals surface area contributed by atoms with Crippen molar-refractivity contribution in [3.8, 4) is 5.69 Å². The summed E-state index contributed by atoms with van der Waals surface area (Å²) in [6.45, 7) is 1.54. The van der Waals surface area contributed by atoms with Gasteiger partial charge in [0.05, 0.1) is 24.0 Å². The molecule has 0 fully saturated rings. The van der Waals surface area contributed by atoms with Crippen molar-refractivity contribution < 1.29 is 18.0 Å². The molecule has 5 nitrogen and oxygen atoms in total. The quantitative estimate of drug-likeness (QED) is 0.868. The molecule has 0 atom stereocenters. The molecule has 1 amide bonds. The van der Waals surface area contributed by atoms with Crippen molar-refractivity contribution in [2.45, 2.75) is 19.6 Å². The van der Waals surface area contributed by atoms with Crippen LogP contribution in [0.1, 0.15) is 18.2 Å². The lowest BCUT2D eigenvalue weighted by Crippen LogP contribution is -2.23. The highest BCUT2D eigenvalue weighted by Gasteiger charge is 2.34. The molecule has 0 bridgehead atoms. The maximum Gasteiger partial charge on any atom is 0.418 e. The van der Waals surface area contributed by atoms with Crippen LogP contribution < -0.4 is 0 Å². The van der Waals surface area contributed by atoms with E-state index in [9.17, 15) is 18.0 Å². The summed E-state index contributed by atoms with van der Waals surface area (Å²) in [5.41, 5.74) is -0.710. The van der Waals surface area contributed by atoms with Crippen LogP contribution >= 0.6 is 11.6 Å². The van der Waals surface area contributed by atoms with Crippen molar-refractivity contribution in [2.24, 2.45) is 0 Å². The van der Waals surface area contributed by atoms with E-state index in [2.05, 4.69) is 10.3 Å². The molecule has 0 aliphatic carbocycles. The van der Waals surface area contributed by atoms with E-state index in [4.69, 9.17) is 11.6 Å². The van der Waals surface area contributed by atoms with Gasteiger partial charge in [-0.1, -0.05) is 16.8 Å². The van der Waals surface area contributed by atoms with E-state index >= 15 is 0 Å². The number of alkyl halides is 3. The molecular weight excluding hydrogens is 321 g/mol. The topological polar surface area (TPSA) is 51.0 Å². The van der Waals surface area contributed by atoms with Crippen molar-refractivity contribution in [1.29, 1.82) is 0 Å². The lowest BCUT2D eigenvalue weighted by Gasteiger charge is -2.13. The number of rotatable bonds is 3. The number of amides is 1. The number of hydrogen-bond donors (Lipinski definition) is 0. The van der Waals surface area contributed by atoms with Crippen LogP contribution in [0.5, 0.6) is 0 Å². The fourth-order valence-corrected chi connectivity index (χ4v) is 1.95.